The van der Waals surface area contributed by atoms with Crippen molar-refractivity contribution >= 4 is 23.2 Å². The van der Waals surface area contributed by atoms with Crippen LogP contribution in [0, 0.1) is 0 Å². The van der Waals surface area contributed by atoms with Crippen LogP contribution in [0.4, 0.5) is 0 Å². The highest BCUT2D eigenvalue weighted by molar-refractivity contribution is 6.30. The summed E-state index contributed by atoms with van der Waals surface area (Å²) in [4.78, 5) is 3.92. The van der Waals surface area contributed by atoms with E-state index in [0.29, 0.717) is 21.3 Å². The minimum absolute atomic E-state index is 0.301. The molecule has 0 saturated heterocycles. The van der Waals surface area contributed by atoms with Crippen molar-refractivity contribution in [1.82, 2.24) is 4.98 Å². The summed E-state index contributed by atoms with van der Waals surface area (Å²) in [6.45, 7) is 0. The van der Waals surface area contributed by atoms with E-state index in [2.05, 4.69) is 4.98 Å². The molecule has 1 aromatic carbocycles. The second kappa shape index (κ2) is 4.83. The zero-order valence-electron chi connectivity index (χ0n) is 8.27. The molecule has 0 saturated carbocycles. The molecule has 4 heteroatoms. The summed E-state index contributed by atoms with van der Waals surface area (Å²) in [5, 5.41) is 11.0. The van der Waals surface area contributed by atoms with Gasteiger partial charge in [-0.15, -0.1) is 0 Å². The Balaban J connectivity index is 2.39. The Hall–Kier alpha value is -1.09. The van der Waals surface area contributed by atoms with E-state index >= 15 is 0 Å². The van der Waals surface area contributed by atoms with Gasteiger partial charge in [0.25, 0.3) is 0 Å². The van der Waals surface area contributed by atoms with Gasteiger partial charge in [0.2, 0.25) is 0 Å². The van der Waals surface area contributed by atoms with E-state index in [9.17, 15) is 5.11 Å². The molecule has 2 rings (SSSR count). The van der Waals surface area contributed by atoms with Crippen molar-refractivity contribution in [3.8, 4) is 0 Å². The standard InChI is InChI=1S/C12H9Cl2NO/c13-9-4-1-3-8(7-9)11(16)10-5-2-6-15-12(10)14/h1-7,11,16H. The topological polar surface area (TPSA) is 33.1 Å². The summed E-state index contributed by atoms with van der Waals surface area (Å²) in [6.07, 6.45) is 0.774. The first-order valence-electron chi connectivity index (χ1n) is 4.72. The molecule has 0 bridgehead atoms. The third-order valence-electron chi connectivity index (χ3n) is 2.25. The quantitative estimate of drug-likeness (QED) is 0.832. The van der Waals surface area contributed by atoms with E-state index in [4.69, 9.17) is 23.2 Å². The number of hydrogen-bond donors (Lipinski definition) is 1. The zero-order chi connectivity index (χ0) is 11.5. The minimum Gasteiger partial charge on any atom is -0.384 e. The average molecular weight is 254 g/mol. The third-order valence-corrected chi connectivity index (χ3v) is 2.80. The van der Waals surface area contributed by atoms with E-state index in [1.807, 2.05) is 0 Å². The summed E-state index contributed by atoms with van der Waals surface area (Å²) < 4.78 is 0. The lowest BCUT2D eigenvalue weighted by Gasteiger charge is -2.12. The molecule has 0 radical (unpaired) electrons. The van der Waals surface area contributed by atoms with Crippen LogP contribution in [0.5, 0.6) is 0 Å². The highest BCUT2D eigenvalue weighted by Gasteiger charge is 2.14. The van der Waals surface area contributed by atoms with Gasteiger partial charge in [-0.2, -0.15) is 0 Å². The normalized spacial score (nSPS) is 12.4. The van der Waals surface area contributed by atoms with Crippen molar-refractivity contribution in [3.63, 3.8) is 0 Å². The molecule has 16 heavy (non-hydrogen) atoms. The summed E-state index contributed by atoms with van der Waals surface area (Å²) in [7, 11) is 0. The van der Waals surface area contributed by atoms with Gasteiger partial charge in [-0.3, -0.25) is 0 Å². The second-order valence-electron chi connectivity index (χ2n) is 3.34. The maximum atomic E-state index is 10.1. The Morgan fingerprint density at radius 3 is 2.62 bits per heavy atom. The predicted octanol–water partition coefficient (Wildman–Crippen LogP) is 3.47. The Labute approximate surface area is 103 Å². The first kappa shape index (κ1) is 11.4. The molecule has 0 amide bonds. The third kappa shape index (κ3) is 2.35. The smallest absolute Gasteiger partial charge is 0.135 e. The molecule has 82 valence electrons. The van der Waals surface area contributed by atoms with Crippen LogP contribution >= 0.6 is 23.2 Å². The molecule has 0 aliphatic carbocycles. The highest BCUT2D eigenvalue weighted by atomic mass is 35.5. The van der Waals surface area contributed by atoms with Gasteiger partial charge in [-0.05, 0) is 23.8 Å². The molecule has 2 aromatic rings. The fraction of sp³-hybridized carbons (Fsp3) is 0.0833. The molecule has 1 heterocycles. The SMILES string of the molecule is OC(c1cccc(Cl)c1)c1cccnc1Cl. The van der Waals surface area contributed by atoms with Gasteiger partial charge < -0.3 is 5.11 Å². The molecule has 1 N–H and O–H groups in total. The molecule has 0 fully saturated rings. The number of aromatic nitrogens is 1. The summed E-state index contributed by atoms with van der Waals surface area (Å²) in [5.74, 6) is 0. The second-order valence-corrected chi connectivity index (χ2v) is 4.14. The monoisotopic (exact) mass is 253 g/mol. The number of halogens is 2. The molecular formula is C12H9Cl2NO. The van der Waals surface area contributed by atoms with Gasteiger partial charge in [0.1, 0.15) is 11.3 Å². The summed E-state index contributed by atoms with van der Waals surface area (Å²) in [5.41, 5.74) is 1.27. The van der Waals surface area contributed by atoms with E-state index in [1.54, 1.807) is 42.6 Å². The van der Waals surface area contributed by atoms with Crippen LogP contribution in [-0.2, 0) is 0 Å². The van der Waals surface area contributed by atoms with Gasteiger partial charge in [-0.25, -0.2) is 4.98 Å². The van der Waals surface area contributed by atoms with Gasteiger partial charge in [0.05, 0.1) is 0 Å². The summed E-state index contributed by atoms with van der Waals surface area (Å²) >= 11 is 11.8. The molecule has 1 atom stereocenters. The van der Waals surface area contributed by atoms with Crippen LogP contribution in [-0.4, -0.2) is 10.1 Å². The molecule has 1 unspecified atom stereocenters. The van der Waals surface area contributed by atoms with E-state index in [-0.39, 0.29) is 0 Å². The van der Waals surface area contributed by atoms with Crippen LogP contribution in [0.3, 0.4) is 0 Å². The van der Waals surface area contributed by atoms with Crippen LogP contribution in [0.25, 0.3) is 0 Å². The van der Waals surface area contributed by atoms with Crippen molar-refractivity contribution in [3.05, 3.63) is 63.9 Å². The van der Waals surface area contributed by atoms with Crippen LogP contribution < -0.4 is 0 Å². The van der Waals surface area contributed by atoms with Gasteiger partial charge in [-0.1, -0.05) is 41.4 Å². The first-order valence-corrected chi connectivity index (χ1v) is 5.48. The van der Waals surface area contributed by atoms with Crippen LogP contribution in [0.1, 0.15) is 17.2 Å². The molecule has 0 spiro atoms. The largest absolute Gasteiger partial charge is 0.384 e. The number of aliphatic hydroxyl groups excluding tert-OH is 1. The number of rotatable bonds is 2. The van der Waals surface area contributed by atoms with E-state index < -0.39 is 6.10 Å². The minimum atomic E-state index is -0.806. The average Bonchev–Trinajstić information content (AvgIpc) is 2.29. The van der Waals surface area contributed by atoms with Gasteiger partial charge >= 0.3 is 0 Å². The van der Waals surface area contributed by atoms with Crippen molar-refractivity contribution in [2.24, 2.45) is 0 Å². The maximum Gasteiger partial charge on any atom is 0.135 e. The predicted molar refractivity (Wildman–Crippen MR) is 64.8 cm³/mol. The molecule has 1 aromatic heterocycles. The fourth-order valence-electron chi connectivity index (χ4n) is 1.46. The fourth-order valence-corrected chi connectivity index (χ4v) is 1.88. The van der Waals surface area contributed by atoms with Crippen molar-refractivity contribution in [2.75, 3.05) is 0 Å². The van der Waals surface area contributed by atoms with E-state index in [0.717, 1.165) is 0 Å². The van der Waals surface area contributed by atoms with Crippen molar-refractivity contribution in [2.45, 2.75) is 6.10 Å². The lowest BCUT2D eigenvalue weighted by molar-refractivity contribution is 0.220. The van der Waals surface area contributed by atoms with Crippen molar-refractivity contribution < 1.29 is 5.11 Å². The Morgan fingerprint density at radius 1 is 1.12 bits per heavy atom. The highest BCUT2D eigenvalue weighted by Crippen LogP contribution is 2.27. The van der Waals surface area contributed by atoms with E-state index in [1.165, 1.54) is 0 Å². The lowest BCUT2D eigenvalue weighted by atomic mass is 10.0. The number of aliphatic hydroxyl groups is 1. The lowest BCUT2D eigenvalue weighted by Crippen LogP contribution is -2.01. The number of hydrogen-bond acceptors (Lipinski definition) is 2. The first-order chi connectivity index (χ1) is 7.68. The van der Waals surface area contributed by atoms with Crippen molar-refractivity contribution in [1.29, 1.82) is 0 Å². The summed E-state index contributed by atoms with van der Waals surface area (Å²) in [6, 6.07) is 10.5. The Bertz CT molecular complexity index is 502. The number of benzene rings is 1. The molecule has 0 aliphatic rings. The molecule has 0 aliphatic heterocycles. The van der Waals surface area contributed by atoms with Gasteiger partial charge in [0, 0.05) is 16.8 Å². The Kier molecular flexibility index (Phi) is 3.44. The maximum absolute atomic E-state index is 10.1. The molecule has 2 nitrogen and oxygen atoms in total. The van der Waals surface area contributed by atoms with Crippen LogP contribution in [0.15, 0.2) is 42.6 Å². The Morgan fingerprint density at radius 2 is 1.94 bits per heavy atom. The number of pyridine rings is 1. The number of nitrogens with zero attached hydrogens (tertiary/aromatic N) is 1. The van der Waals surface area contributed by atoms with Crippen LogP contribution in [0.2, 0.25) is 10.2 Å². The van der Waals surface area contributed by atoms with Gasteiger partial charge in [0.15, 0.2) is 0 Å². The molecular weight excluding hydrogens is 245 g/mol. The zero-order valence-corrected chi connectivity index (χ0v) is 9.78.